The normalized spacial score (nSPS) is 12.6. The standard InChI is InChI=1S/C11H20N6O/c1-16(2)6-4-13-10(8-12)11-9-17(15-14-11)5-3-7-18/h9-10,13,18H,3-7H2,1-2H3. The number of hydrogen-bond acceptors (Lipinski definition) is 6. The minimum Gasteiger partial charge on any atom is -0.396 e. The van der Waals surface area contributed by atoms with E-state index in [1.165, 1.54) is 0 Å². The third kappa shape index (κ3) is 4.79. The van der Waals surface area contributed by atoms with Crippen molar-refractivity contribution in [3.8, 4) is 6.07 Å². The number of aromatic nitrogens is 3. The van der Waals surface area contributed by atoms with Gasteiger partial charge in [0.2, 0.25) is 0 Å². The number of nitrogens with one attached hydrogen (secondary N) is 1. The van der Waals surface area contributed by atoms with Crippen molar-refractivity contribution in [2.24, 2.45) is 0 Å². The van der Waals surface area contributed by atoms with Crippen LogP contribution in [0.25, 0.3) is 0 Å². The maximum Gasteiger partial charge on any atom is 0.142 e. The van der Waals surface area contributed by atoms with Gasteiger partial charge in [0.1, 0.15) is 11.7 Å². The molecule has 7 heteroatoms. The first-order valence-corrected chi connectivity index (χ1v) is 5.96. The van der Waals surface area contributed by atoms with Crippen LogP contribution in [0.5, 0.6) is 0 Å². The Morgan fingerprint density at radius 3 is 3.00 bits per heavy atom. The zero-order chi connectivity index (χ0) is 13.4. The number of nitriles is 1. The Labute approximate surface area is 107 Å². The highest BCUT2D eigenvalue weighted by molar-refractivity contribution is 5.10. The molecule has 1 atom stereocenters. The molecule has 0 aliphatic carbocycles. The van der Waals surface area contributed by atoms with E-state index in [0.29, 0.717) is 25.2 Å². The molecule has 0 amide bonds. The molecule has 1 heterocycles. The number of aliphatic hydroxyl groups excluding tert-OH is 1. The summed E-state index contributed by atoms with van der Waals surface area (Å²) >= 11 is 0. The molecule has 1 aromatic heterocycles. The van der Waals surface area contributed by atoms with Crippen molar-refractivity contribution in [2.45, 2.75) is 19.0 Å². The highest BCUT2D eigenvalue weighted by Crippen LogP contribution is 2.07. The number of aliphatic hydroxyl groups is 1. The lowest BCUT2D eigenvalue weighted by molar-refractivity contribution is 0.276. The van der Waals surface area contributed by atoms with Crippen LogP contribution < -0.4 is 5.32 Å². The molecule has 0 spiro atoms. The number of nitrogens with zero attached hydrogens (tertiary/aromatic N) is 5. The minimum absolute atomic E-state index is 0.123. The molecule has 0 radical (unpaired) electrons. The van der Waals surface area contributed by atoms with Crippen LogP contribution >= 0.6 is 0 Å². The monoisotopic (exact) mass is 252 g/mol. The fourth-order valence-electron chi connectivity index (χ4n) is 1.44. The molecule has 100 valence electrons. The van der Waals surface area contributed by atoms with Crippen molar-refractivity contribution in [3.05, 3.63) is 11.9 Å². The summed E-state index contributed by atoms with van der Waals surface area (Å²) in [5.74, 6) is 0. The van der Waals surface area contributed by atoms with Crippen molar-refractivity contribution in [3.63, 3.8) is 0 Å². The van der Waals surface area contributed by atoms with Gasteiger partial charge in [-0.15, -0.1) is 5.10 Å². The first-order valence-electron chi connectivity index (χ1n) is 5.96. The third-order valence-electron chi connectivity index (χ3n) is 2.43. The van der Waals surface area contributed by atoms with Crippen LogP contribution in [0.3, 0.4) is 0 Å². The SMILES string of the molecule is CN(C)CCNC(C#N)c1cn(CCCO)nn1. The molecule has 18 heavy (non-hydrogen) atoms. The molecule has 1 rings (SSSR count). The topological polar surface area (TPSA) is 90.0 Å². The van der Waals surface area contributed by atoms with Crippen molar-refractivity contribution in [1.82, 2.24) is 25.2 Å². The second kappa shape index (κ2) is 7.76. The number of rotatable bonds is 8. The van der Waals surface area contributed by atoms with Crippen molar-refractivity contribution >= 4 is 0 Å². The number of likely N-dealkylation sites (N-methyl/N-ethyl adjacent to an activating group) is 1. The fourth-order valence-corrected chi connectivity index (χ4v) is 1.44. The molecule has 0 aliphatic heterocycles. The second-order valence-corrected chi connectivity index (χ2v) is 4.30. The van der Waals surface area contributed by atoms with Gasteiger partial charge in [0.25, 0.3) is 0 Å². The number of aryl methyl sites for hydroxylation is 1. The van der Waals surface area contributed by atoms with Gasteiger partial charge in [-0.3, -0.25) is 10.00 Å². The van der Waals surface area contributed by atoms with E-state index in [0.717, 1.165) is 6.54 Å². The fraction of sp³-hybridized carbons (Fsp3) is 0.727. The van der Waals surface area contributed by atoms with Gasteiger partial charge in [0.05, 0.1) is 12.3 Å². The molecular weight excluding hydrogens is 232 g/mol. The number of hydrogen-bond donors (Lipinski definition) is 2. The largest absolute Gasteiger partial charge is 0.396 e. The van der Waals surface area contributed by atoms with Crippen LogP contribution in [0.15, 0.2) is 6.20 Å². The Morgan fingerprint density at radius 2 is 2.39 bits per heavy atom. The van der Waals surface area contributed by atoms with E-state index in [1.54, 1.807) is 10.9 Å². The molecular formula is C11H20N6O. The van der Waals surface area contributed by atoms with E-state index < -0.39 is 6.04 Å². The van der Waals surface area contributed by atoms with Crippen LogP contribution in [0.4, 0.5) is 0 Å². The molecule has 0 aromatic carbocycles. The Kier molecular flexibility index (Phi) is 6.28. The van der Waals surface area contributed by atoms with Crippen LogP contribution in [-0.2, 0) is 6.54 Å². The summed E-state index contributed by atoms with van der Waals surface area (Å²) in [4.78, 5) is 2.04. The summed E-state index contributed by atoms with van der Waals surface area (Å²) in [5.41, 5.74) is 0.620. The summed E-state index contributed by atoms with van der Waals surface area (Å²) in [5, 5.41) is 28.8. The molecule has 0 saturated carbocycles. The Balaban J connectivity index is 2.49. The predicted octanol–water partition coefficient (Wildman–Crippen LogP) is -0.624. The maximum atomic E-state index is 9.09. The molecule has 1 unspecified atom stereocenters. The summed E-state index contributed by atoms with van der Waals surface area (Å²) in [6, 6.07) is 1.73. The van der Waals surface area contributed by atoms with E-state index in [9.17, 15) is 0 Å². The molecule has 1 aromatic rings. The van der Waals surface area contributed by atoms with Crippen LogP contribution in [0, 0.1) is 11.3 Å². The van der Waals surface area contributed by atoms with E-state index in [4.69, 9.17) is 10.4 Å². The highest BCUT2D eigenvalue weighted by atomic mass is 16.3. The molecule has 0 aliphatic rings. The molecule has 0 fully saturated rings. The van der Waals surface area contributed by atoms with Crippen LogP contribution in [0.1, 0.15) is 18.2 Å². The van der Waals surface area contributed by atoms with Gasteiger partial charge >= 0.3 is 0 Å². The molecule has 2 N–H and O–H groups in total. The zero-order valence-corrected chi connectivity index (χ0v) is 10.9. The minimum atomic E-state index is -0.437. The Hall–Kier alpha value is -1.49. The van der Waals surface area contributed by atoms with Gasteiger partial charge in [0.15, 0.2) is 0 Å². The third-order valence-corrected chi connectivity index (χ3v) is 2.43. The lowest BCUT2D eigenvalue weighted by atomic mass is 10.2. The summed E-state index contributed by atoms with van der Waals surface area (Å²) in [6.45, 7) is 2.31. The van der Waals surface area contributed by atoms with Gasteiger partial charge in [-0.25, -0.2) is 0 Å². The average Bonchev–Trinajstić information content (AvgIpc) is 2.80. The van der Waals surface area contributed by atoms with Gasteiger partial charge < -0.3 is 10.0 Å². The first-order chi connectivity index (χ1) is 8.67. The molecule has 7 nitrogen and oxygen atoms in total. The van der Waals surface area contributed by atoms with Gasteiger partial charge in [-0.1, -0.05) is 5.21 Å². The van der Waals surface area contributed by atoms with Crippen LogP contribution in [0.2, 0.25) is 0 Å². The molecule has 0 saturated heterocycles. The summed E-state index contributed by atoms with van der Waals surface area (Å²) < 4.78 is 1.64. The lowest BCUT2D eigenvalue weighted by Gasteiger charge is -2.12. The van der Waals surface area contributed by atoms with E-state index >= 15 is 0 Å². The quantitative estimate of drug-likeness (QED) is 0.640. The van der Waals surface area contributed by atoms with Gasteiger partial charge in [0, 0.05) is 26.2 Å². The van der Waals surface area contributed by atoms with E-state index in [-0.39, 0.29) is 6.61 Å². The van der Waals surface area contributed by atoms with E-state index in [1.807, 2.05) is 19.0 Å². The Morgan fingerprint density at radius 1 is 1.61 bits per heavy atom. The summed E-state index contributed by atoms with van der Waals surface area (Å²) in [7, 11) is 3.96. The highest BCUT2D eigenvalue weighted by Gasteiger charge is 2.13. The van der Waals surface area contributed by atoms with E-state index in [2.05, 4.69) is 21.7 Å². The van der Waals surface area contributed by atoms with Gasteiger partial charge in [-0.2, -0.15) is 5.26 Å². The smallest absolute Gasteiger partial charge is 0.142 e. The van der Waals surface area contributed by atoms with Crippen molar-refractivity contribution in [2.75, 3.05) is 33.8 Å². The Bertz CT molecular complexity index is 383. The average molecular weight is 252 g/mol. The maximum absolute atomic E-state index is 9.09. The summed E-state index contributed by atoms with van der Waals surface area (Å²) in [6.07, 6.45) is 2.38. The van der Waals surface area contributed by atoms with Crippen molar-refractivity contribution < 1.29 is 5.11 Å². The zero-order valence-electron chi connectivity index (χ0n) is 10.9. The van der Waals surface area contributed by atoms with Crippen molar-refractivity contribution in [1.29, 1.82) is 5.26 Å². The predicted molar refractivity (Wildman–Crippen MR) is 66.6 cm³/mol. The lowest BCUT2D eigenvalue weighted by Crippen LogP contribution is -2.29. The first kappa shape index (κ1) is 14.6. The second-order valence-electron chi connectivity index (χ2n) is 4.30. The molecule has 0 bridgehead atoms. The van der Waals surface area contributed by atoms with Gasteiger partial charge in [-0.05, 0) is 20.5 Å². The van der Waals surface area contributed by atoms with Crippen LogP contribution in [-0.4, -0.2) is 58.8 Å².